The van der Waals surface area contributed by atoms with Crippen molar-refractivity contribution in [3.8, 4) is 0 Å². The summed E-state index contributed by atoms with van der Waals surface area (Å²) in [5.74, 6) is 0.173. The van der Waals surface area contributed by atoms with Crippen LogP contribution in [0, 0.1) is 5.92 Å². The van der Waals surface area contributed by atoms with Gasteiger partial charge in [-0.1, -0.05) is 105 Å². The number of hydrogen-bond acceptors (Lipinski definition) is 2. The molecule has 1 fully saturated rings. The molecule has 3 aromatic carbocycles. The topological polar surface area (TPSA) is 26.3 Å². The minimum Gasteiger partial charge on any atom is -0.404 e. The van der Waals surface area contributed by atoms with Crippen LogP contribution < -0.4 is 10.4 Å². The van der Waals surface area contributed by atoms with E-state index in [0.717, 1.165) is 12.8 Å². The lowest BCUT2D eigenvalue weighted by atomic mass is 9.77. The zero-order chi connectivity index (χ0) is 22.1. The molecule has 0 unspecified atom stereocenters. The van der Waals surface area contributed by atoms with Crippen LogP contribution in [0.1, 0.15) is 44.0 Å². The van der Waals surface area contributed by atoms with E-state index in [-0.39, 0.29) is 22.8 Å². The molecular weight excluding hydrogens is 420 g/mol. The summed E-state index contributed by atoms with van der Waals surface area (Å²) < 4.78 is 7.11. The lowest BCUT2D eigenvalue weighted by molar-refractivity contribution is 0.0449. The second-order valence-corrected chi connectivity index (χ2v) is 14.1. The van der Waals surface area contributed by atoms with Gasteiger partial charge in [0.2, 0.25) is 0 Å². The lowest BCUT2D eigenvalue weighted by Crippen LogP contribution is -2.68. The van der Waals surface area contributed by atoms with Gasteiger partial charge in [-0.3, -0.25) is 4.79 Å². The zero-order valence-electron chi connectivity index (χ0n) is 18.3. The summed E-state index contributed by atoms with van der Waals surface area (Å²) in [4.78, 5) is 12.9. The van der Waals surface area contributed by atoms with Crippen molar-refractivity contribution < 1.29 is 9.22 Å². The van der Waals surface area contributed by atoms with Crippen LogP contribution >= 0.6 is 11.6 Å². The number of carbonyl (C=O) groups is 1. The monoisotopic (exact) mass is 448 g/mol. The third kappa shape index (κ3) is 4.27. The highest BCUT2D eigenvalue weighted by Crippen LogP contribution is 2.42. The second kappa shape index (κ2) is 8.74. The predicted molar refractivity (Wildman–Crippen MR) is 131 cm³/mol. The fourth-order valence-electron chi connectivity index (χ4n) is 4.69. The molecule has 3 aromatic rings. The minimum absolute atomic E-state index is 0.00156. The Balaban J connectivity index is 1.62. The van der Waals surface area contributed by atoms with Crippen molar-refractivity contribution in [3.05, 3.63) is 95.5 Å². The maximum Gasteiger partial charge on any atom is 0.261 e. The average Bonchev–Trinajstić information content (AvgIpc) is 2.73. The van der Waals surface area contributed by atoms with Gasteiger partial charge in [-0.25, -0.2) is 0 Å². The van der Waals surface area contributed by atoms with Gasteiger partial charge in [0.15, 0.2) is 5.78 Å². The van der Waals surface area contributed by atoms with Crippen LogP contribution in [-0.2, 0) is 4.43 Å². The van der Waals surface area contributed by atoms with Crippen LogP contribution in [0.2, 0.25) is 10.1 Å². The van der Waals surface area contributed by atoms with Crippen molar-refractivity contribution in [1.82, 2.24) is 0 Å². The van der Waals surface area contributed by atoms with E-state index in [1.54, 1.807) is 12.1 Å². The highest BCUT2D eigenvalue weighted by Gasteiger charge is 2.53. The van der Waals surface area contributed by atoms with E-state index in [2.05, 4.69) is 81.4 Å². The summed E-state index contributed by atoms with van der Waals surface area (Å²) in [7, 11) is -2.57. The fraction of sp³-hybridized carbons (Fsp3) is 0.296. The largest absolute Gasteiger partial charge is 0.404 e. The molecule has 0 radical (unpaired) electrons. The molecule has 0 saturated heterocycles. The minimum atomic E-state index is -2.57. The Hall–Kier alpha value is -2.20. The molecule has 4 rings (SSSR count). The molecule has 0 heterocycles. The van der Waals surface area contributed by atoms with E-state index in [9.17, 15) is 4.79 Å². The van der Waals surface area contributed by atoms with Gasteiger partial charge in [0.05, 0.1) is 0 Å². The average molecular weight is 449 g/mol. The molecule has 0 spiro atoms. The van der Waals surface area contributed by atoms with Crippen molar-refractivity contribution in [2.24, 2.45) is 5.92 Å². The molecule has 0 bridgehead atoms. The van der Waals surface area contributed by atoms with Crippen LogP contribution in [0.3, 0.4) is 0 Å². The molecule has 4 heteroatoms. The summed E-state index contributed by atoms with van der Waals surface area (Å²) in [5, 5.41) is 3.10. The van der Waals surface area contributed by atoms with Crippen molar-refractivity contribution in [2.45, 2.75) is 44.8 Å². The van der Waals surface area contributed by atoms with Gasteiger partial charge in [0.25, 0.3) is 8.32 Å². The Morgan fingerprint density at radius 3 is 1.90 bits per heavy atom. The smallest absolute Gasteiger partial charge is 0.261 e. The van der Waals surface area contributed by atoms with Gasteiger partial charge in [0, 0.05) is 22.6 Å². The summed E-state index contributed by atoms with van der Waals surface area (Å²) >= 11 is 6.09. The van der Waals surface area contributed by atoms with Crippen molar-refractivity contribution in [1.29, 1.82) is 0 Å². The number of Topliss-reactive ketones (excluding diaryl/α,β-unsaturated/α-hetero) is 1. The van der Waals surface area contributed by atoms with Gasteiger partial charge < -0.3 is 4.43 Å². The Labute approximate surface area is 191 Å². The first-order valence-electron chi connectivity index (χ1n) is 10.9. The normalized spacial score (nSPS) is 19.0. The van der Waals surface area contributed by atoms with Gasteiger partial charge in [-0.2, -0.15) is 0 Å². The van der Waals surface area contributed by atoms with E-state index in [1.165, 1.54) is 10.4 Å². The first-order valence-corrected chi connectivity index (χ1v) is 13.2. The number of benzene rings is 3. The molecule has 0 amide bonds. The van der Waals surface area contributed by atoms with E-state index < -0.39 is 8.32 Å². The van der Waals surface area contributed by atoms with E-state index in [4.69, 9.17) is 16.0 Å². The number of rotatable bonds is 6. The molecule has 0 aromatic heterocycles. The lowest BCUT2D eigenvalue weighted by Gasteiger charge is -2.48. The maximum atomic E-state index is 12.9. The van der Waals surface area contributed by atoms with Crippen LogP contribution in [-0.4, -0.2) is 20.2 Å². The molecule has 1 aliphatic carbocycles. The third-order valence-corrected chi connectivity index (χ3v) is 11.7. The zero-order valence-corrected chi connectivity index (χ0v) is 20.1. The summed E-state index contributed by atoms with van der Waals surface area (Å²) in [5.41, 5.74) is 0.696. The van der Waals surface area contributed by atoms with Crippen molar-refractivity contribution in [2.75, 3.05) is 0 Å². The van der Waals surface area contributed by atoms with Gasteiger partial charge in [-0.05, 0) is 40.4 Å². The van der Waals surface area contributed by atoms with Crippen molar-refractivity contribution >= 4 is 36.1 Å². The first-order chi connectivity index (χ1) is 14.8. The summed E-state index contributed by atoms with van der Waals surface area (Å²) in [6.07, 6.45) is 1.60. The van der Waals surface area contributed by atoms with Gasteiger partial charge >= 0.3 is 0 Å². The Kier molecular flexibility index (Phi) is 6.20. The molecular formula is C27H29ClO2Si. The summed E-state index contributed by atoms with van der Waals surface area (Å²) in [6.45, 7) is 6.85. The van der Waals surface area contributed by atoms with Crippen LogP contribution in [0.15, 0.2) is 84.9 Å². The van der Waals surface area contributed by atoms with Gasteiger partial charge in [-0.15, -0.1) is 0 Å². The highest BCUT2D eigenvalue weighted by molar-refractivity contribution is 6.99. The Morgan fingerprint density at radius 1 is 0.871 bits per heavy atom. The SMILES string of the molecule is CC(C)(C)[Si](OC1CC(C(=O)c2cccc(Cl)c2)C1)(c1ccccc1)c1ccccc1. The number of halogens is 1. The molecule has 2 nitrogen and oxygen atoms in total. The first kappa shape index (κ1) is 22.0. The Bertz CT molecular complexity index is 998. The number of carbonyl (C=O) groups excluding carboxylic acids is 1. The molecule has 0 aliphatic heterocycles. The van der Waals surface area contributed by atoms with Crippen LogP contribution in [0.4, 0.5) is 0 Å². The van der Waals surface area contributed by atoms with E-state index in [1.807, 2.05) is 12.1 Å². The standard InChI is InChI=1S/C27H29ClO2Si/c1-27(2,3)31(24-13-6-4-7-14-24,25-15-8-5-9-16-25)30-23-18-21(19-23)26(29)20-11-10-12-22(28)17-20/h4-17,21,23H,18-19H2,1-3H3. The molecule has 1 aliphatic rings. The van der Waals surface area contributed by atoms with Crippen LogP contribution in [0.5, 0.6) is 0 Å². The highest BCUT2D eigenvalue weighted by atomic mass is 35.5. The van der Waals surface area contributed by atoms with E-state index >= 15 is 0 Å². The van der Waals surface area contributed by atoms with Gasteiger partial charge in [0.1, 0.15) is 0 Å². The molecule has 1 saturated carbocycles. The third-order valence-electron chi connectivity index (χ3n) is 6.34. The molecule has 0 atom stereocenters. The second-order valence-electron chi connectivity index (χ2n) is 9.45. The predicted octanol–water partition coefficient (Wildman–Crippen LogP) is 5.88. The molecule has 31 heavy (non-hydrogen) atoms. The fourth-order valence-corrected chi connectivity index (χ4v) is 9.59. The summed E-state index contributed by atoms with van der Waals surface area (Å²) in [6, 6.07) is 28.6. The Morgan fingerprint density at radius 2 is 1.42 bits per heavy atom. The number of hydrogen-bond donors (Lipinski definition) is 0. The molecule has 0 N–H and O–H groups in total. The maximum absolute atomic E-state index is 12.9. The van der Waals surface area contributed by atoms with Crippen molar-refractivity contribution in [3.63, 3.8) is 0 Å². The van der Waals surface area contributed by atoms with E-state index in [0.29, 0.717) is 10.6 Å². The van der Waals surface area contributed by atoms with Crippen LogP contribution in [0.25, 0.3) is 0 Å². The quantitative estimate of drug-likeness (QED) is 0.347. The molecule has 160 valence electrons. The number of ketones is 1.